The van der Waals surface area contributed by atoms with E-state index in [0.29, 0.717) is 13.1 Å². The Kier molecular flexibility index (Phi) is 7.64. The van der Waals surface area contributed by atoms with Gasteiger partial charge in [-0.05, 0) is 48.9 Å². The van der Waals surface area contributed by atoms with Gasteiger partial charge in [0.1, 0.15) is 5.82 Å². The second-order valence-corrected chi connectivity index (χ2v) is 9.78. The Hall–Kier alpha value is -2.49. The van der Waals surface area contributed by atoms with Gasteiger partial charge in [0.15, 0.2) is 0 Å². The highest BCUT2D eigenvalue weighted by molar-refractivity contribution is 7.89. The van der Waals surface area contributed by atoms with Gasteiger partial charge in [0.25, 0.3) is 0 Å². The Bertz CT molecular complexity index is 990. The van der Waals surface area contributed by atoms with Crippen molar-refractivity contribution in [2.24, 2.45) is 0 Å². The number of halogens is 1. The number of rotatable bonds is 8. The minimum absolute atomic E-state index is 0.0457. The third-order valence-corrected chi connectivity index (χ3v) is 7.19. The molecular formula is C22H29FN4O3S. The van der Waals surface area contributed by atoms with Gasteiger partial charge in [-0.15, -0.1) is 0 Å². The SMILES string of the molecule is Cc1cccc(N2CCN(CCNC(=O)CN(C)S(=O)(=O)c3ccc(F)cc3)CC2)c1. The van der Waals surface area contributed by atoms with Crippen molar-refractivity contribution in [3.05, 3.63) is 59.9 Å². The molecule has 2 aromatic carbocycles. The van der Waals surface area contributed by atoms with Gasteiger partial charge in [-0.2, -0.15) is 4.31 Å². The van der Waals surface area contributed by atoms with Crippen molar-refractivity contribution < 1.29 is 17.6 Å². The molecular weight excluding hydrogens is 419 g/mol. The lowest BCUT2D eigenvalue weighted by atomic mass is 10.2. The van der Waals surface area contributed by atoms with Crippen molar-refractivity contribution in [1.29, 1.82) is 0 Å². The predicted molar refractivity (Wildman–Crippen MR) is 119 cm³/mol. The monoisotopic (exact) mass is 448 g/mol. The summed E-state index contributed by atoms with van der Waals surface area (Å²) in [5.74, 6) is -0.884. The van der Waals surface area contributed by atoms with Crippen LogP contribution in [0.2, 0.25) is 0 Å². The zero-order valence-electron chi connectivity index (χ0n) is 17.9. The Balaban J connectivity index is 1.40. The van der Waals surface area contributed by atoms with Crippen molar-refractivity contribution in [1.82, 2.24) is 14.5 Å². The van der Waals surface area contributed by atoms with Crippen molar-refractivity contribution in [2.45, 2.75) is 11.8 Å². The van der Waals surface area contributed by atoms with Crippen LogP contribution in [0.4, 0.5) is 10.1 Å². The molecule has 9 heteroatoms. The summed E-state index contributed by atoms with van der Waals surface area (Å²) in [6, 6.07) is 13.0. The molecule has 1 aliphatic heterocycles. The normalized spacial score (nSPS) is 15.3. The topological polar surface area (TPSA) is 73.0 Å². The molecule has 0 spiro atoms. The minimum atomic E-state index is -3.84. The molecule has 1 fully saturated rings. The molecule has 0 aliphatic carbocycles. The Morgan fingerprint density at radius 1 is 1.10 bits per heavy atom. The highest BCUT2D eigenvalue weighted by Crippen LogP contribution is 2.17. The van der Waals surface area contributed by atoms with E-state index in [2.05, 4.69) is 46.3 Å². The second kappa shape index (κ2) is 10.2. The summed E-state index contributed by atoms with van der Waals surface area (Å²) < 4.78 is 39.0. The molecule has 1 saturated heterocycles. The maximum atomic E-state index is 13.0. The van der Waals surface area contributed by atoms with Gasteiger partial charge in [-0.25, -0.2) is 12.8 Å². The maximum Gasteiger partial charge on any atom is 0.243 e. The highest BCUT2D eigenvalue weighted by atomic mass is 32.2. The maximum absolute atomic E-state index is 13.0. The van der Waals surface area contributed by atoms with Gasteiger partial charge >= 0.3 is 0 Å². The predicted octanol–water partition coefficient (Wildman–Crippen LogP) is 1.69. The molecule has 1 N–H and O–H groups in total. The van der Waals surface area contributed by atoms with Crippen molar-refractivity contribution >= 4 is 21.6 Å². The first-order valence-electron chi connectivity index (χ1n) is 10.3. The average Bonchev–Trinajstić information content (AvgIpc) is 2.74. The van der Waals surface area contributed by atoms with Crippen LogP contribution in [0.5, 0.6) is 0 Å². The van der Waals surface area contributed by atoms with Gasteiger partial charge in [0.2, 0.25) is 15.9 Å². The molecule has 0 aromatic heterocycles. The summed E-state index contributed by atoms with van der Waals surface area (Å²) >= 11 is 0. The number of benzene rings is 2. The van der Waals surface area contributed by atoms with Gasteiger partial charge in [-0.3, -0.25) is 9.69 Å². The van der Waals surface area contributed by atoms with E-state index >= 15 is 0 Å². The van der Waals surface area contributed by atoms with E-state index < -0.39 is 15.8 Å². The van der Waals surface area contributed by atoms with Crippen LogP contribution in [0.25, 0.3) is 0 Å². The number of likely N-dealkylation sites (N-methyl/N-ethyl adjacent to an activating group) is 1. The highest BCUT2D eigenvalue weighted by Gasteiger charge is 2.23. The first-order chi connectivity index (χ1) is 14.8. The van der Waals surface area contributed by atoms with Crippen LogP contribution in [0, 0.1) is 12.7 Å². The van der Waals surface area contributed by atoms with E-state index in [1.165, 1.54) is 30.4 Å². The van der Waals surface area contributed by atoms with Crippen LogP contribution >= 0.6 is 0 Å². The van der Waals surface area contributed by atoms with Crippen LogP contribution in [0.1, 0.15) is 5.56 Å². The minimum Gasteiger partial charge on any atom is -0.369 e. The molecule has 0 saturated carbocycles. The van der Waals surface area contributed by atoms with Gasteiger partial charge < -0.3 is 10.2 Å². The van der Waals surface area contributed by atoms with Crippen LogP contribution in [0.3, 0.4) is 0 Å². The Morgan fingerprint density at radius 2 is 1.77 bits per heavy atom. The fourth-order valence-corrected chi connectivity index (χ4v) is 4.66. The zero-order chi connectivity index (χ0) is 22.4. The number of carbonyl (C=O) groups excluding carboxylic acids is 1. The van der Waals surface area contributed by atoms with Crippen LogP contribution in [0.15, 0.2) is 53.4 Å². The summed E-state index contributed by atoms with van der Waals surface area (Å²) in [7, 11) is -2.51. The number of hydrogen-bond acceptors (Lipinski definition) is 5. The quantitative estimate of drug-likeness (QED) is 0.666. The summed E-state index contributed by atoms with van der Waals surface area (Å²) in [5.41, 5.74) is 2.48. The smallest absolute Gasteiger partial charge is 0.243 e. The summed E-state index contributed by atoms with van der Waals surface area (Å²) in [6.45, 7) is 6.62. The summed E-state index contributed by atoms with van der Waals surface area (Å²) in [6.07, 6.45) is 0. The molecule has 1 amide bonds. The molecule has 1 heterocycles. The van der Waals surface area contributed by atoms with Gasteiger partial charge in [0, 0.05) is 52.0 Å². The first kappa shape index (κ1) is 23.2. The number of carbonyl (C=O) groups is 1. The summed E-state index contributed by atoms with van der Waals surface area (Å²) in [5, 5.41) is 2.78. The number of aryl methyl sites for hydroxylation is 1. The lowest BCUT2D eigenvalue weighted by Crippen LogP contribution is -2.49. The second-order valence-electron chi connectivity index (χ2n) is 7.73. The number of nitrogens with one attached hydrogen (secondary N) is 1. The molecule has 0 radical (unpaired) electrons. The Labute approximate surface area is 183 Å². The fraction of sp³-hybridized carbons (Fsp3) is 0.409. The average molecular weight is 449 g/mol. The molecule has 0 atom stereocenters. The van der Waals surface area contributed by atoms with Crippen molar-refractivity contribution in [2.75, 3.05) is 57.8 Å². The van der Waals surface area contributed by atoms with E-state index in [-0.39, 0.29) is 17.3 Å². The van der Waals surface area contributed by atoms with Crippen molar-refractivity contribution in [3.8, 4) is 0 Å². The molecule has 3 rings (SSSR count). The van der Waals surface area contributed by atoms with Crippen LogP contribution in [-0.4, -0.2) is 76.4 Å². The molecule has 7 nitrogen and oxygen atoms in total. The molecule has 0 bridgehead atoms. The number of amides is 1. The van der Waals surface area contributed by atoms with E-state index in [1.807, 2.05) is 0 Å². The number of nitrogens with zero attached hydrogens (tertiary/aromatic N) is 3. The van der Waals surface area contributed by atoms with E-state index in [1.54, 1.807) is 0 Å². The number of piperazine rings is 1. The lowest BCUT2D eigenvalue weighted by molar-refractivity contribution is -0.121. The third-order valence-electron chi connectivity index (χ3n) is 5.38. The number of sulfonamides is 1. The molecule has 2 aromatic rings. The van der Waals surface area contributed by atoms with E-state index in [0.717, 1.165) is 42.6 Å². The standard InChI is InChI=1S/C22H29FN4O3S/c1-18-4-3-5-20(16-18)27-14-12-26(13-15-27)11-10-24-22(28)17-25(2)31(29,30)21-8-6-19(23)7-9-21/h3-9,16H,10-15,17H2,1-2H3,(H,24,28). The number of anilines is 1. The van der Waals surface area contributed by atoms with E-state index in [4.69, 9.17) is 0 Å². The first-order valence-corrected chi connectivity index (χ1v) is 11.7. The largest absolute Gasteiger partial charge is 0.369 e. The molecule has 1 aliphatic rings. The van der Waals surface area contributed by atoms with E-state index in [9.17, 15) is 17.6 Å². The van der Waals surface area contributed by atoms with Crippen LogP contribution < -0.4 is 10.2 Å². The number of hydrogen-bond donors (Lipinski definition) is 1. The fourth-order valence-electron chi connectivity index (χ4n) is 3.54. The van der Waals surface area contributed by atoms with Gasteiger partial charge in [0.05, 0.1) is 11.4 Å². The lowest BCUT2D eigenvalue weighted by Gasteiger charge is -2.36. The molecule has 168 valence electrons. The zero-order valence-corrected chi connectivity index (χ0v) is 18.7. The summed E-state index contributed by atoms with van der Waals surface area (Å²) in [4.78, 5) is 16.8. The van der Waals surface area contributed by atoms with Crippen molar-refractivity contribution in [3.63, 3.8) is 0 Å². The molecule has 0 unspecified atom stereocenters. The Morgan fingerprint density at radius 3 is 2.42 bits per heavy atom. The molecule has 31 heavy (non-hydrogen) atoms. The van der Waals surface area contributed by atoms with Crippen LogP contribution in [-0.2, 0) is 14.8 Å². The third kappa shape index (κ3) is 6.25. The van der Waals surface area contributed by atoms with Gasteiger partial charge in [-0.1, -0.05) is 12.1 Å².